The van der Waals surface area contributed by atoms with Crippen LogP contribution in [0.1, 0.15) is 34.1 Å². The fourth-order valence-electron chi connectivity index (χ4n) is 2.67. The van der Waals surface area contributed by atoms with E-state index in [-0.39, 0.29) is 29.6 Å². The van der Waals surface area contributed by atoms with Gasteiger partial charge in [0.25, 0.3) is 0 Å². The number of benzene rings is 1. The zero-order chi connectivity index (χ0) is 29.1. The Bertz CT molecular complexity index is 975. The summed E-state index contributed by atoms with van der Waals surface area (Å²) in [6, 6.07) is 2.55. The summed E-state index contributed by atoms with van der Waals surface area (Å²) in [5.74, 6) is 0.346. The zero-order valence-corrected chi connectivity index (χ0v) is 23.5. The first kappa shape index (κ1) is 34.9. The number of hydrogen-bond acceptors (Lipinski definition) is 5. The third-order valence-electron chi connectivity index (χ3n) is 4.69. The summed E-state index contributed by atoms with van der Waals surface area (Å²) in [6.45, 7) is 9.46. The molecule has 0 saturated carbocycles. The van der Waals surface area contributed by atoms with Crippen molar-refractivity contribution < 1.29 is 27.8 Å². The number of hydrogen-bond donors (Lipinski definition) is 3. The molecule has 3 amide bonds. The molecule has 0 spiro atoms. The third kappa shape index (κ3) is 14.0. The van der Waals surface area contributed by atoms with E-state index in [1.54, 1.807) is 0 Å². The van der Waals surface area contributed by atoms with E-state index in [4.69, 9.17) is 33.3 Å². The van der Waals surface area contributed by atoms with Crippen molar-refractivity contribution in [3.05, 3.63) is 59.2 Å². The molecule has 3 N–H and O–H groups in total. The van der Waals surface area contributed by atoms with Crippen molar-refractivity contribution in [3.63, 3.8) is 0 Å². The number of alkyl halides is 3. The highest BCUT2D eigenvalue weighted by atomic mass is 35.5. The molecule has 1 unspecified atom stereocenters. The SMILES string of the molecule is C=C(CCl)CC=C/C(C)=C\C.CC.N=CC(CNC(=O)Nc1ccc(OC(F)F)c(Cl)c1)N1CCOC1=O. The Morgan fingerprint density at radius 2 is 2.05 bits per heavy atom. The Morgan fingerprint density at radius 3 is 2.55 bits per heavy atom. The van der Waals surface area contributed by atoms with Gasteiger partial charge in [-0.3, -0.25) is 4.90 Å². The average molecular weight is 578 g/mol. The van der Waals surface area contributed by atoms with Gasteiger partial charge in [-0.2, -0.15) is 8.78 Å². The third-order valence-corrected chi connectivity index (χ3v) is 5.37. The lowest BCUT2D eigenvalue weighted by molar-refractivity contribution is -0.0497. The molecule has 1 aromatic carbocycles. The van der Waals surface area contributed by atoms with Gasteiger partial charge in [0.05, 0.1) is 17.6 Å². The first-order chi connectivity index (χ1) is 18.1. The van der Waals surface area contributed by atoms with Crippen LogP contribution in [0.3, 0.4) is 0 Å². The van der Waals surface area contributed by atoms with Gasteiger partial charge < -0.3 is 25.5 Å². The largest absolute Gasteiger partial charge is 0.448 e. The van der Waals surface area contributed by atoms with Crippen molar-refractivity contribution in [1.29, 1.82) is 5.41 Å². The van der Waals surface area contributed by atoms with Gasteiger partial charge in [0.2, 0.25) is 0 Å². The molecule has 1 saturated heterocycles. The van der Waals surface area contributed by atoms with Crippen LogP contribution in [-0.4, -0.2) is 61.5 Å². The Morgan fingerprint density at radius 1 is 1.37 bits per heavy atom. The number of cyclic esters (lactones) is 1. The number of rotatable bonds is 11. The van der Waals surface area contributed by atoms with E-state index in [2.05, 4.69) is 47.1 Å². The van der Waals surface area contributed by atoms with Crippen LogP contribution in [0.5, 0.6) is 5.75 Å². The number of allylic oxidation sites excluding steroid dienone is 5. The maximum atomic E-state index is 12.2. The highest BCUT2D eigenvalue weighted by Crippen LogP contribution is 2.28. The predicted octanol–water partition coefficient (Wildman–Crippen LogP) is 7.25. The molecule has 0 aromatic heterocycles. The minimum absolute atomic E-state index is 0.00470. The molecule has 38 heavy (non-hydrogen) atoms. The van der Waals surface area contributed by atoms with Crippen molar-refractivity contribution in [3.8, 4) is 5.75 Å². The van der Waals surface area contributed by atoms with Gasteiger partial charge in [-0.05, 0) is 38.5 Å². The lowest BCUT2D eigenvalue weighted by Gasteiger charge is -2.21. The number of amides is 3. The van der Waals surface area contributed by atoms with Crippen LogP contribution < -0.4 is 15.4 Å². The summed E-state index contributed by atoms with van der Waals surface area (Å²) < 4.78 is 33.3. The van der Waals surface area contributed by atoms with Crippen molar-refractivity contribution in [1.82, 2.24) is 10.2 Å². The molecule has 2 rings (SSSR count). The molecule has 0 aliphatic carbocycles. The van der Waals surface area contributed by atoms with Gasteiger partial charge in [-0.1, -0.05) is 61.4 Å². The van der Waals surface area contributed by atoms with Crippen LogP contribution >= 0.6 is 23.2 Å². The Hall–Kier alpha value is -3.11. The average Bonchev–Trinajstić information content (AvgIpc) is 3.32. The molecule has 8 nitrogen and oxygen atoms in total. The molecule has 1 heterocycles. The summed E-state index contributed by atoms with van der Waals surface area (Å²) >= 11 is 11.3. The number of carbonyl (C=O) groups excluding carboxylic acids is 2. The minimum Gasteiger partial charge on any atom is -0.448 e. The van der Waals surface area contributed by atoms with E-state index >= 15 is 0 Å². The Balaban J connectivity index is 0.000000887. The second kappa shape index (κ2) is 19.9. The van der Waals surface area contributed by atoms with Crippen LogP contribution in [-0.2, 0) is 4.74 Å². The number of carbonyl (C=O) groups is 2. The van der Waals surface area contributed by atoms with Gasteiger partial charge in [0, 0.05) is 24.3 Å². The maximum Gasteiger partial charge on any atom is 0.410 e. The second-order valence-electron chi connectivity index (χ2n) is 7.42. The van der Waals surface area contributed by atoms with Crippen LogP contribution in [0.25, 0.3) is 0 Å². The van der Waals surface area contributed by atoms with Gasteiger partial charge in [0.1, 0.15) is 12.4 Å². The molecular formula is C26H36Cl2F2N4O4. The predicted molar refractivity (Wildman–Crippen MR) is 150 cm³/mol. The fraction of sp³-hybridized carbons (Fsp3) is 0.423. The molecule has 0 bridgehead atoms. The summed E-state index contributed by atoms with van der Waals surface area (Å²) in [4.78, 5) is 24.6. The van der Waals surface area contributed by atoms with Crippen LogP contribution in [0, 0.1) is 5.41 Å². The maximum absolute atomic E-state index is 12.2. The summed E-state index contributed by atoms with van der Waals surface area (Å²) in [5, 5.41) is 12.2. The molecule has 1 aliphatic rings. The number of halogens is 4. The van der Waals surface area contributed by atoms with E-state index in [0.29, 0.717) is 12.4 Å². The highest BCUT2D eigenvalue weighted by Gasteiger charge is 2.28. The molecule has 1 aliphatic heterocycles. The number of anilines is 1. The van der Waals surface area contributed by atoms with Gasteiger partial charge in [-0.25, -0.2) is 9.59 Å². The minimum atomic E-state index is -3.00. The number of urea groups is 1. The molecule has 12 heteroatoms. The monoisotopic (exact) mass is 576 g/mol. The zero-order valence-electron chi connectivity index (χ0n) is 22.0. The molecule has 1 aromatic rings. The highest BCUT2D eigenvalue weighted by molar-refractivity contribution is 6.32. The summed E-state index contributed by atoms with van der Waals surface area (Å²) in [6.07, 6.45) is 7.60. The fourth-order valence-corrected chi connectivity index (χ4v) is 3.00. The molecule has 212 valence electrons. The normalized spacial score (nSPS) is 13.6. The first-order valence-corrected chi connectivity index (χ1v) is 12.8. The quantitative estimate of drug-likeness (QED) is 0.112. The standard InChI is InChI=1S/C14H15ClF2N4O4.C10H15Cl.C2H6/c15-10-5-8(1-2-11(10)25-12(16)17)20-13(22)19-7-9(6-18)21-3-4-24-14(21)23;1-4-9(2)6-5-7-10(3)8-11;1-2/h1-2,5-6,9,12,18H,3-4,7H2,(H2,19,20,22);4-6H,3,7-8H2,1-2H3;1-2H3/b;6-5?,9-4-;. The van der Waals surface area contributed by atoms with Crippen molar-refractivity contribution >= 4 is 47.2 Å². The van der Waals surface area contributed by atoms with Crippen molar-refractivity contribution in [2.24, 2.45) is 0 Å². The van der Waals surface area contributed by atoms with Crippen LogP contribution in [0.15, 0.2) is 54.2 Å². The molecular weight excluding hydrogens is 541 g/mol. The summed E-state index contributed by atoms with van der Waals surface area (Å²) in [7, 11) is 0. The number of nitrogens with zero attached hydrogens (tertiary/aromatic N) is 1. The lowest BCUT2D eigenvalue weighted by atomic mass is 10.2. The summed E-state index contributed by atoms with van der Waals surface area (Å²) in [5.41, 5.74) is 2.59. The molecule has 1 fully saturated rings. The Kier molecular flexibility index (Phi) is 18.3. The number of ether oxygens (including phenoxy) is 2. The molecule has 0 radical (unpaired) electrons. The van der Waals surface area contributed by atoms with E-state index < -0.39 is 24.8 Å². The smallest absolute Gasteiger partial charge is 0.410 e. The number of nitrogens with one attached hydrogen (secondary N) is 3. The van der Waals surface area contributed by atoms with Crippen molar-refractivity contribution in [2.45, 2.75) is 46.8 Å². The Labute approximate surface area is 233 Å². The van der Waals surface area contributed by atoms with Crippen LogP contribution in [0.4, 0.5) is 24.1 Å². The van der Waals surface area contributed by atoms with Crippen molar-refractivity contribution in [2.75, 3.05) is 30.9 Å². The van der Waals surface area contributed by atoms with E-state index in [1.165, 1.54) is 28.7 Å². The molecule has 1 atom stereocenters. The van der Waals surface area contributed by atoms with E-state index in [9.17, 15) is 18.4 Å². The van der Waals surface area contributed by atoms with Gasteiger partial charge >= 0.3 is 18.7 Å². The first-order valence-electron chi connectivity index (χ1n) is 11.9. The van der Waals surface area contributed by atoms with E-state index in [0.717, 1.165) is 18.2 Å². The van der Waals surface area contributed by atoms with Gasteiger partial charge in [-0.15, -0.1) is 11.6 Å². The lowest BCUT2D eigenvalue weighted by Crippen LogP contribution is -2.46. The topological polar surface area (TPSA) is 104 Å². The second-order valence-corrected chi connectivity index (χ2v) is 8.10. The van der Waals surface area contributed by atoms with E-state index in [1.807, 2.05) is 20.8 Å². The van der Waals surface area contributed by atoms with Crippen LogP contribution in [0.2, 0.25) is 5.02 Å². The van der Waals surface area contributed by atoms with Gasteiger partial charge in [0.15, 0.2) is 0 Å².